The Hall–Kier alpha value is -2.04. The molecule has 0 N–H and O–H groups in total. The Bertz CT molecular complexity index is 974. The van der Waals surface area contributed by atoms with Crippen LogP contribution in [0, 0.1) is 12.8 Å². The molecule has 0 radical (unpaired) electrons. The number of hydrogen-bond donors (Lipinski definition) is 0. The molecule has 33 heavy (non-hydrogen) atoms. The second-order valence-electron chi connectivity index (χ2n) is 10.0. The third-order valence-electron chi connectivity index (χ3n) is 7.18. The molecule has 1 amide bonds. The number of carbonyl (C=O) groups excluding carboxylic acids is 1. The van der Waals surface area contributed by atoms with Crippen molar-refractivity contribution in [1.82, 2.24) is 9.80 Å². The average Bonchev–Trinajstić information content (AvgIpc) is 3.21. The summed E-state index contributed by atoms with van der Waals surface area (Å²) in [6.07, 6.45) is 7.45. The first-order valence-electron chi connectivity index (χ1n) is 12.4. The van der Waals surface area contributed by atoms with Crippen molar-refractivity contribution in [2.24, 2.45) is 5.92 Å². The zero-order chi connectivity index (χ0) is 23.4. The van der Waals surface area contributed by atoms with Crippen LogP contribution in [0.4, 0.5) is 0 Å². The van der Waals surface area contributed by atoms with Crippen LogP contribution in [0.2, 0.25) is 5.02 Å². The van der Waals surface area contributed by atoms with Gasteiger partial charge >= 0.3 is 0 Å². The summed E-state index contributed by atoms with van der Waals surface area (Å²) in [5.74, 6) is 1.86. The van der Waals surface area contributed by atoms with E-state index in [1.807, 2.05) is 20.2 Å². The van der Waals surface area contributed by atoms with E-state index in [0.717, 1.165) is 61.5 Å². The molecule has 178 valence electrons. The van der Waals surface area contributed by atoms with Crippen molar-refractivity contribution in [3.8, 4) is 16.9 Å². The first-order chi connectivity index (χ1) is 15.9. The highest BCUT2D eigenvalue weighted by atomic mass is 35.5. The normalized spacial score (nSPS) is 21.1. The van der Waals surface area contributed by atoms with Crippen LogP contribution in [0.1, 0.15) is 49.7 Å². The highest BCUT2D eigenvalue weighted by molar-refractivity contribution is 6.31. The lowest BCUT2D eigenvalue weighted by atomic mass is 9.81. The summed E-state index contributed by atoms with van der Waals surface area (Å²) >= 11 is 6.77. The topological polar surface area (TPSA) is 32.8 Å². The number of likely N-dealkylation sites (tertiary alicyclic amines) is 1. The maximum Gasteiger partial charge on any atom is 0.222 e. The third kappa shape index (κ3) is 6.10. The highest BCUT2D eigenvalue weighted by Crippen LogP contribution is 2.35. The third-order valence-corrected chi connectivity index (χ3v) is 7.54. The minimum absolute atomic E-state index is 0.354. The largest absolute Gasteiger partial charge is 0.492 e. The maximum atomic E-state index is 12.2. The molecular weight excluding hydrogens is 432 g/mol. The number of aryl methyl sites for hydroxylation is 1. The van der Waals surface area contributed by atoms with Crippen LogP contribution in [0.5, 0.6) is 5.75 Å². The number of benzene rings is 2. The molecule has 2 aromatic carbocycles. The van der Waals surface area contributed by atoms with Gasteiger partial charge in [0.2, 0.25) is 5.91 Å². The van der Waals surface area contributed by atoms with E-state index in [2.05, 4.69) is 47.1 Å². The lowest BCUT2D eigenvalue weighted by molar-refractivity contribution is -0.130. The first-order valence-corrected chi connectivity index (χ1v) is 12.7. The molecule has 0 spiro atoms. The van der Waals surface area contributed by atoms with E-state index in [9.17, 15) is 4.79 Å². The van der Waals surface area contributed by atoms with Gasteiger partial charge in [0.1, 0.15) is 12.4 Å². The number of hydrogen-bond acceptors (Lipinski definition) is 3. The van der Waals surface area contributed by atoms with Crippen molar-refractivity contribution in [2.45, 2.75) is 57.9 Å². The van der Waals surface area contributed by atoms with Gasteiger partial charge in [0.15, 0.2) is 0 Å². The minimum atomic E-state index is 0.354. The number of carbonyl (C=O) groups is 1. The lowest BCUT2D eigenvalue weighted by Crippen LogP contribution is -2.39. The van der Waals surface area contributed by atoms with Crippen LogP contribution >= 0.6 is 11.6 Å². The van der Waals surface area contributed by atoms with E-state index in [0.29, 0.717) is 24.5 Å². The summed E-state index contributed by atoms with van der Waals surface area (Å²) in [5.41, 5.74) is 4.74. The smallest absolute Gasteiger partial charge is 0.222 e. The van der Waals surface area contributed by atoms with E-state index in [1.165, 1.54) is 29.5 Å². The molecular formula is C28H37ClN2O2. The molecule has 1 heterocycles. The van der Waals surface area contributed by atoms with Crippen molar-refractivity contribution in [1.29, 1.82) is 0 Å². The predicted molar refractivity (Wildman–Crippen MR) is 136 cm³/mol. The van der Waals surface area contributed by atoms with Crippen LogP contribution in [0.15, 0.2) is 36.4 Å². The van der Waals surface area contributed by atoms with Gasteiger partial charge in [-0.05, 0) is 99.5 Å². The van der Waals surface area contributed by atoms with Crippen LogP contribution in [0.25, 0.3) is 11.1 Å². The average molecular weight is 469 g/mol. The standard InChI is InChI=1S/C28H37ClN2O2/c1-20-16-25(33-15-14-30(2)3)11-12-26(20)22-9-10-23(27(29)19-22)17-21-6-4-7-24(18-21)31-13-5-8-28(31)32/h9-12,16,19,21,24H,4-8,13-15,17-18H2,1-3H3. The summed E-state index contributed by atoms with van der Waals surface area (Å²) in [4.78, 5) is 16.4. The predicted octanol–water partition coefficient (Wildman–Crippen LogP) is 5.98. The van der Waals surface area contributed by atoms with Gasteiger partial charge in [-0.25, -0.2) is 0 Å². The van der Waals surface area contributed by atoms with Gasteiger partial charge in [-0.2, -0.15) is 0 Å². The van der Waals surface area contributed by atoms with Crippen LogP contribution in [0.3, 0.4) is 0 Å². The Balaban J connectivity index is 1.40. The number of ether oxygens (including phenoxy) is 1. The number of halogens is 1. The Labute approximate surface area is 203 Å². The molecule has 2 unspecified atom stereocenters. The molecule has 1 aliphatic carbocycles. The SMILES string of the molecule is Cc1cc(OCCN(C)C)ccc1-c1ccc(CC2CCCC(N3CCCC3=O)C2)c(Cl)c1. The van der Waals surface area contributed by atoms with E-state index in [-0.39, 0.29) is 0 Å². The minimum Gasteiger partial charge on any atom is -0.492 e. The molecule has 0 bridgehead atoms. The molecule has 4 nitrogen and oxygen atoms in total. The molecule has 2 fully saturated rings. The Morgan fingerprint density at radius 2 is 1.97 bits per heavy atom. The van der Waals surface area contributed by atoms with Gasteiger partial charge in [0.25, 0.3) is 0 Å². The Morgan fingerprint density at radius 3 is 2.67 bits per heavy atom. The summed E-state index contributed by atoms with van der Waals surface area (Å²) in [6.45, 7) is 4.65. The molecule has 4 rings (SSSR count). The molecule has 1 aliphatic heterocycles. The Kier molecular flexibility index (Phi) is 7.98. The number of rotatable bonds is 8. The molecule has 2 aliphatic rings. The second kappa shape index (κ2) is 10.9. The number of likely N-dealkylation sites (N-methyl/N-ethyl adjacent to an activating group) is 1. The van der Waals surface area contributed by atoms with Crippen LogP contribution < -0.4 is 4.74 Å². The fourth-order valence-corrected chi connectivity index (χ4v) is 5.63. The number of amides is 1. The van der Waals surface area contributed by atoms with E-state index in [1.54, 1.807) is 0 Å². The highest BCUT2D eigenvalue weighted by Gasteiger charge is 2.32. The number of nitrogens with zero attached hydrogens (tertiary/aromatic N) is 2. The van der Waals surface area contributed by atoms with Crippen molar-refractivity contribution in [3.05, 3.63) is 52.5 Å². The van der Waals surface area contributed by atoms with Crippen molar-refractivity contribution < 1.29 is 9.53 Å². The van der Waals surface area contributed by atoms with E-state index >= 15 is 0 Å². The zero-order valence-electron chi connectivity index (χ0n) is 20.3. The van der Waals surface area contributed by atoms with Gasteiger partial charge in [-0.15, -0.1) is 0 Å². The second-order valence-corrected chi connectivity index (χ2v) is 10.4. The molecule has 5 heteroatoms. The molecule has 0 aromatic heterocycles. The van der Waals surface area contributed by atoms with Crippen molar-refractivity contribution in [2.75, 3.05) is 33.8 Å². The summed E-state index contributed by atoms with van der Waals surface area (Å²) < 4.78 is 5.88. The molecule has 1 saturated carbocycles. The first kappa shape index (κ1) is 24.1. The van der Waals surface area contributed by atoms with Crippen molar-refractivity contribution in [3.63, 3.8) is 0 Å². The monoisotopic (exact) mass is 468 g/mol. The summed E-state index contributed by atoms with van der Waals surface area (Å²) in [5, 5.41) is 0.845. The van der Waals surface area contributed by atoms with Gasteiger partial charge in [0, 0.05) is 30.6 Å². The molecule has 2 atom stereocenters. The molecule has 2 aromatic rings. The Morgan fingerprint density at radius 1 is 1.12 bits per heavy atom. The van der Waals surface area contributed by atoms with Gasteiger partial charge < -0.3 is 14.5 Å². The summed E-state index contributed by atoms with van der Waals surface area (Å²) in [7, 11) is 4.10. The van der Waals surface area contributed by atoms with Gasteiger partial charge in [-0.3, -0.25) is 4.79 Å². The lowest BCUT2D eigenvalue weighted by Gasteiger charge is -2.35. The van der Waals surface area contributed by atoms with Crippen molar-refractivity contribution >= 4 is 17.5 Å². The summed E-state index contributed by atoms with van der Waals surface area (Å²) in [6, 6.07) is 13.2. The van der Waals surface area contributed by atoms with Gasteiger partial charge in [-0.1, -0.05) is 36.2 Å². The van der Waals surface area contributed by atoms with E-state index < -0.39 is 0 Å². The maximum absolute atomic E-state index is 12.2. The van der Waals surface area contributed by atoms with Crippen LogP contribution in [-0.2, 0) is 11.2 Å². The van der Waals surface area contributed by atoms with Crippen LogP contribution in [-0.4, -0.2) is 55.5 Å². The van der Waals surface area contributed by atoms with E-state index in [4.69, 9.17) is 16.3 Å². The van der Waals surface area contributed by atoms with Gasteiger partial charge in [0.05, 0.1) is 0 Å². The fraction of sp³-hybridized carbons (Fsp3) is 0.536. The fourth-order valence-electron chi connectivity index (χ4n) is 5.37. The quantitative estimate of drug-likeness (QED) is 0.477. The molecule has 1 saturated heterocycles. The zero-order valence-corrected chi connectivity index (χ0v) is 21.0.